The van der Waals surface area contributed by atoms with Gasteiger partial charge < -0.3 is 10.6 Å². The van der Waals surface area contributed by atoms with Crippen LogP contribution >= 0.6 is 0 Å². The first kappa shape index (κ1) is 14.8. The predicted octanol–water partition coefficient (Wildman–Crippen LogP) is 2.69. The molecule has 0 radical (unpaired) electrons. The van der Waals surface area contributed by atoms with Crippen molar-refractivity contribution in [3.8, 4) is 0 Å². The second-order valence-electron chi connectivity index (χ2n) is 5.79. The van der Waals surface area contributed by atoms with E-state index in [0.717, 1.165) is 37.1 Å². The summed E-state index contributed by atoms with van der Waals surface area (Å²) in [6.07, 6.45) is 2.00. The van der Waals surface area contributed by atoms with Gasteiger partial charge >= 0.3 is 0 Å². The molecule has 2 N–H and O–H groups in total. The number of hydrogen-bond donors (Lipinski definition) is 2. The first-order valence-corrected chi connectivity index (χ1v) is 7.95. The fourth-order valence-corrected chi connectivity index (χ4v) is 3.04. The molecule has 0 unspecified atom stereocenters. The molecular weight excluding hydrogens is 272 g/mol. The van der Waals surface area contributed by atoms with Gasteiger partial charge in [0.05, 0.1) is 5.92 Å². The molecule has 1 saturated heterocycles. The first-order valence-electron chi connectivity index (χ1n) is 7.95. The minimum absolute atomic E-state index is 0.101. The van der Waals surface area contributed by atoms with E-state index in [9.17, 15) is 4.79 Å². The van der Waals surface area contributed by atoms with Crippen LogP contribution in [0, 0.1) is 0 Å². The summed E-state index contributed by atoms with van der Waals surface area (Å²) in [7, 11) is 0. The Morgan fingerprint density at radius 1 is 0.909 bits per heavy atom. The van der Waals surface area contributed by atoms with E-state index in [1.54, 1.807) is 0 Å². The van der Waals surface area contributed by atoms with Crippen LogP contribution in [0.15, 0.2) is 60.7 Å². The first-order chi connectivity index (χ1) is 10.8. The van der Waals surface area contributed by atoms with E-state index >= 15 is 0 Å². The van der Waals surface area contributed by atoms with Crippen LogP contribution in [0.25, 0.3) is 0 Å². The number of amides is 1. The highest BCUT2D eigenvalue weighted by atomic mass is 16.1. The quantitative estimate of drug-likeness (QED) is 0.910. The highest BCUT2D eigenvalue weighted by Gasteiger charge is 2.25. The van der Waals surface area contributed by atoms with Crippen LogP contribution in [0.4, 0.5) is 0 Å². The third kappa shape index (κ3) is 3.55. The van der Waals surface area contributed by atoms with Gasteiger partial charge in [0.15, 0.2) is 0 Å². The summed E-state index contributed by atoms with van der Waals surface area (Å²) in [5.41, 5.74) is 2.08. The SMILES string of the molecule is O=C(NC1CCNCC1)C(c1ccccc1)c1ccccc1. The summed E-state index contributed by atoms with van der Waals surface area (Å²) in [6, 6.07) is 20.3. The molecule has 3 heteroatoms. The molecule has 0 aliphatic carbocycles. The second kappa shape index (κ2) is 7.23. The van der Waals surface area contributed by atoms with E-state index in [2.05, 4.69) is 10.6 Å². The van der Waals surface area contributed by atoms with E-state index < -0.39 is 0 Å². The van der Waals surface area contributed by atoms with E-state index in [1.807, 2.05) is 60.7 Å². The monoisotopic (exact) mass is 294 g/mol. The fraction of sp³-hybridized carbons (Fsp3) is 0.316. The topological polar surface area (TPSA) is 41.1 Å². The lowest BCUT2D eigenvalue weighted by Gasteiger charge is -2.26. The molecule has 22 heavy (non-hydrogen) atoms. The zero-order chi connectivity index (χ0) is 15.2. The molecule has 0 atom stereocenters. The number of benzene rings is 2. The Morgan fingerprint density at radius 2 is 1.41 bits per heavy atom. The molecular formula is C19H22N2O. The van der Waals surface area contributed by atoms with Gasteiger partial charge in [0.25, 0.3) is 0 Å². The van der Waals surface area contributed by atoms with Crippen molar-refractivity contribution in [2.24, 2.45) is 0 Å². The van der Waals surface area contributed by atoms with Crippen molar-refractivity contribution >= 4 is 5.91 Å². The van der Waals surface area contributed by atoms with Crippen molar-refractivity contribution in [3.63, 3.8) is 0 Å². The Labute approximate surface area is 131 Å². The van der Waals surface area contributed by atoms with E-state index in [1.165, 1.54) is 0 Å². The van der Waals surface area contributed by atoms with Gasteiger partial charge in [-0.2, -0.15) is 0 Å². The van der Waals surface area contributed by atoms with Gasteiger partial charge in [-0.1, -0.05) is 60.7 Å². The van der Waals surface area contributed by atoms with Gasteiger partial charge in [-0.25, -0.2) is 0 Å². The molecule has 0 aromatic heterocycles. The standard InChI is InChI=1S/C19H22N2O/c22-19(21-17-11-13-20-14-12-17)18(15-7-3-1-4-8-15)16-9-5-2-6-10-16/h1-10,17-18,20H,11-14H2,(H,21,22). The molecule has 1 fully saturated rings. The van der Waals surface area contributed by atoms with Crippen LogP contribution in [0.3, 0.4) is 0 Å². The minimum Gasteiger partial charge on any atom is -0.352 e. The average molecular weight is 294 g/mol. The second-order valence-corrected chi connectivity index (χ2v) is 5.79. The highest BCUT2D eigenvalue weighted by Crippen LogP contribution is 2.25. The Kier molecular flexibility index (Phi) is 4.86. The molecule has 1 aliphatic rings. The van der Waals surface area contributed by atoms with Crippen molar-refractivity contribution in [2.75, 3.05) is 13.1 Å². The summed E-state index contributed by atoms with van der Waals surface area (Å²) in [6.45, 7) is 1.96. The lowest BCUT2D eigenvalue weighted by molar-refractivity contribution is -0.122. The largest absolute Gasteiger partial charge is 0.352 e. The van der Waals surface area contributed by atoms with Gasteiger partial charge in [-0.05, 0) is 37.1 Å². The summed E-state index contributed by atoms with van der Waals surface area (Å²) in [4.78, 5) is 12.9. The van der Waals surface area contributed by atoms with Crippen LogP contribution in [-0.4, -0.2) is 25.0 Å². The molecule has 114 valence electrons. The predicted molar refractivity (Wildman–Crippen MR) is 88.8 cm³/mol. The van der Waals surface area contributed by atoms with Crippen molar-refractivity contribution in [1.29, 1.82) is 0 Å². The highest BCUT2D eigenvalue weighted by molar-refractivity contribution is 5.87. The van der Waals surface area contributed by atoms with Crippen molar-refractivity contribution < 1.29 is 4.79 Å². The molecule has 0 saturated carbocycles. The smallest absolute Gasteiger partial charge is 0.232 e. The number of piperidine rings is 1. The Morgan fingerprint density at radius 3 is 1.91 bits per heavy atom. The summed E-state index contributed by atoms with van der Waals surface area (Å²) in [5.74, 6) is -0.137. The number of rotatable bonds is 4. The maximum atomic E-state index is 12.9. The zero-order valence-electron chi connectivity index (χ0n) is 12.7. The zero-order valence-corrected chi connectivity index (χ0v) is 12.7. The molecule has 1 aliphatic heterocycles. The van der Waals surface area contributed by atoms with E-state index in [-0.39, 0.29) is 17.9 Å². The normalized spacial score (nSPS) is 15.7. The lowest BCUT2D eigenvalue weighted by Crippen LogP contribution is -2.44. The molecule has 1 amide bonds. The van der Waals surface area contributed by atoms with Crippen molar-refractivity contribution in [1.82, 2.24) is 10.6 Å². The number of carbonyl (C=O) groups is 1. The number of hydrogen-bond acceptors (Lipinski definition) is 2. The fourth-order valence-electron chi connectivity index (χ4n) is 3.04. The Hall–Kier alpha value is -2.13. The number of nitrogens with one attached hydrogen (secondary N) is 2. The maximum absolute atomic E-state index is 12.9. The van der Waals surface area contributed by atoms with Gasteiger partial charge in [0, 0.05) is 6.04 Å². The minimum atomic E-state index is -0.239. The van der Waals surface area contributed by atoms with Crippen molar-refractivity contribution in [3.05, 3.63) is 71.8 Å². The van der Waals surface area contributed by atoms with Gasteiger partial charge in [-0.3, -0.25) is 4.79 Å². The van der Waals surface area contributed by atoms with Gasteiger partial charge in [0.1, 0.15) is 0 Å². The Bertz CT molecular complexity index is 552. The molecule has 3 nitrogen and oxygen atoms in total. The van der Waals surface area contributed by atoms with Crippen LogP contribution < -0.4 is 10.6 Å². The van der Waals surface area contributed by atoms with Crippen LogP contribution in [-0.2, 0) is 4.79 Å². The lowest BCUT2D eigenvalue weighted by atomic mass is 9.90. The number of carbonyl (C=O) groups excluding carboxylic acids is 1. The molecule has 2 aromatic rings. The summed E-state index contributed by atoms with van der Waals surface area (Å²) in [5, 5.41) is 6.57. The van der Waals surface area contributed by atoms with Gasteiger partial charge in [0.2, 0.25) is 5.91 Å². The molecule has 1 heterocycles. The van der Waals surface area contributed by atoms with Crippen LogP contribution in [0.5, 0.6) is 0 Å². The third-order valence-corrected chi connectivity index (χ3v) is 4.21. The molecule has 0 bridgehead atoms. The maximum Gasteiger partial charge on any atom is 0.232 e. The average Bonchev–Trinajstić information content (AvgIpc) is 2.58. The van der Waals surface area contributed by atoms with Crippen LogP contribution in [0.2, 0.25) is 0 Å². The van der Waals surface area contributed by atoms with E-state index in [0.29, 0.717) is 0 Å². The third-order valence-electron chi connectivity index (χ3n) is 4.21. The summed E-state index contributed by atoms with van der Waals surface area (Å²) < 4.78 is 0. The van der Waals surface area contributed by atoms with E-state index in [4.69, 9.17) is 0 Å². The molecule has 3 rings (SSSR count). The molecule has 2 aromatic carbocycles. The van der Waals surface area contributed by atoms with Gasteiger partial charge in [-0.15, -0.1) is 0 Å². The van der Waals surface area contributed by atoms with Crippen molar-refractivity contribution in [2.45, 2.75) is 24.8 Å². The molecule has 0 spiro atoms. The Balaban J connectivity index is 1.83. The van der Waals surface area contributed by atoms with Crippen LogP contribution in [0.1, 0.15) is 29.9 Å². The summed E-state index contributed by atoms with van der Waals surface area (Å²) >= 11 is 0.